The van der Waals surface area contributed by atoms with E-state index in [-0.39, 0.29) is 24.0 Å². The predicted molar refractivity (Wildman–Crippen MR) is 36.0 cm³/mol. The molecular weight excluding hydrogens is 140 g/mol. The lowest BCUT2D eigenvalue weighted by Gasteiger charge is -2.10. The van der Waals surface area contributed by atoms with E-state index in [0.717, 1.165) is 0 Å². The van der Waals surface area contributed by atoms with E-state index in [9.17, 15) is 0 Å². The smallest absolute Gasteiger partial charge is 0.0948 e. The molecule has 0 aliphatic carbocycles. The van der Waals surface area contributed by atoms with Gasteiger partial charge < -0.3 is 4.74 Å². The second-order valence-corrected chi connectivity index (χ2v) is 2.76. The van der Waals surface area contributed by atoms with Crippen molar-refractivity contribution in [3.05, 3.63) is 12.2 Å². The van der Waals surface area contributed by atoms with Gasteiger partial charge in [0.05, 0.1) is 36.2 Å². The van der Waals surface area contributed by atoms with E-state index in [1.807, 2.05) is 12.2 Å². The second-order valence-electron chi connectivity index (χ2n) is 2.76. The van der Waals surface area contributed by atoms with Gasteiger partial charge in [-0.25, -0.2) is 0 Å². The Hall–Kier alpha value is -1.32. The molecule has 2 rings (SSSR count). The number of rotatable bonds is 0. The number of hydrogen-bond acceptors (Lipinski definition) is 3. The Balaban J connectivity index is 2.32. The molecule has 0 spiro atoms. The molecule has 54 valence electrons. The Morgan fingerprint density at radius 3 is 1.82 bits per heavy atom. The molecule has 0 aromatic rings. The predicted octanol–water partition coefficient (Wildman–Crippen LogP) is 0.603. The topological polar surface area (TPSA) is 56.8 Å². The quantitative estimate of drug-likeness (QED) is 0.470. The highest BCUT2D eigenvalue weighted by atomic mass is 16.5. The molecule has 0 N–H and O–H groups in total. The highest BCUT2D eigenvalue weighted by Crippen LogP contribution is 2.37. The number of hydrogen-bond donors (Lipinski definition) is 0. The fourth-order valence-electron chi connectivity index (χ4n) is 1.62. The molecule has 2 aliphatic rings. The van der Waals surface area contributed by atoms with Crippen molar-refractivity contribution >= 4 is 0 Å². The van der Waals surface area contributed by atoms with Gasteiger partial charge in [-0.15, -0.1) is 0 Å². The van der Waals surface area contributed by atoms with Crippen molar-refractivity contribution in [3.8, 4) is 12.1 Å². The number of fused-ring (bicyclic) bond motifs is 2. The second kappa shape index (κ2) is 2.08. The molecule has 4 atom stereocenters. The first kappa shape index (κ1) is 6.39. The molecule has 11 heavy (non-hydrogen) atoms. The van der Waals surface area contributed by atoms with Crippen molar-refractivity contribution in [1.29, 1.82) is 10.5 Å². The van der Waals surface area contributed by atoms with E-state index < -0.39 is 0 Å². The normalized spacial score (nSPS) is 45.3. The SMILES string of the molecule is N#C[C@H]1[C@H](C#N)[C@H]2C=C[C@H]1O2. The highest BCUT2D eigenvalue weighted by molar-refractivity contribution is 5.23. The lowest BCUT2D eigenvalue weighted by Crippen LogP contribution is -2.20. The lowest BCUT2D eigenvalue weighted by atomic mass is 9.85. The fourth-order valence-corrected chi connectivity index (χ4v) is 1.62. The molecule has 0 saturated carbocycles. The Morgan fingerprint density at radius 2 is 1.45 bits per heavy atom. The summed E-state index contributed by atoms with van der Waals surface area (Å²) in [4.78, 5) is 0. The van der Waals surface area contributed by atoms with Crippen LogP contribution in [0, 0.1) is 34.5 Å². The summed E-state index contributed by atoms with van der Waals surface area (Å²) in [6.45, 7) is 0. The van der Waals surface area contributed by atoms with Crippen molar-refractivity contribution < 1.29 is 4.74 Å². The van der Waals surface area contributed by atoms with Gasteiger partial charge in [-0.05, 0) is 0 Å². The summed E-state index contributed by atoms with van der Waals surface area (Å²) in [5.74, 6) is -0.509. The van der Waals surface area contributed by atoms with Gasteiger partial charge in [0.15, 0.2) is 0 Å². The van der Waals surface area contributed by atoms with Crippen LogP contribution in [0.4, 0.5) is 0 Å². The molecule has 2 heterocycles. The van der Waals surface area contributed by atoms with E-state index in [0.29, 0.717) is 0 Å². The molecule has 1 saturated heterocycles. The Kier molecular flexibility index (Phi) is 1.21. The van der Waals surface area contributed by atoms with Gasteiger partial charge in [0.1, 0.15) is 0 Å². The summed E-state index contributed by atoms with van der Waals surface area (Å²) in [5.41, 5.74) is 0. The van der Waals surface area contributed by atoms with Crippen molar-refractivity contribution in [2.75, 3.05) is 0 Å². The third-order valence-electron chi connectivity index (χ3n) is 2.20. The highest BCUT2D eigenvalue weighted by Gasteiger charge is 2.46. The van der Waals surface area contributed by atoms with Gasteiger partial charge in [-0.1, -0.05) is 12.2 Å². The van der Waals surface area contributed by atoms with Crippen LogP contribution < -0.4 is 0 Å². The molecule has 2 bridgehead atoms. The molecule has 0 aromatic heterocycles. The maximum absolute atomic E-state index is 8.67. The molecule has 0 radical (unpaired) electrons. The Morgan fingerprint density at radius 1 is 1.00 bits per heavy atom. The number of nitrogens with zero attached hydrogens (tertiary/aromatic N) is 2. The van der Waals surface area contributed by atoms with Crippen LogP contribution in [-0.4, -0.2) is 12.2 Å². The molecule has 3 heteroatoms. The van der Waals surface area contributed by atoms with E-state index in [1.54, 1.807) is 0 Å². The Labute approximate surface area is 64.5 Å². The van der Waals surface area contributed by atoms with Crippen LogP contribution >= 0.6 is 0 Å². The maximum Gasteiger partial charge on any atom is 0.0948 e. The van der Waals surface area contributed by atoms with Crippen LogP contribution in [0.5, 0.6) is 0 Å². The first-order valence-electron chi connectivity index (χ1n) is 3.50. The summed E-state index contributed by atoms with van der Waals surface area (Å²) in [7, 11) is 0. The minimum atomic E-state index is -0.255. The van der Waals surface area contributed by atoms with Crippen molar-refractivity contribution in [1.82, 2.24) is 0 Å². The first-order valence-corrected chi connectivity index (χ1v) is 3.50. The van der Waals surface area contributed by atoms with Gasteiger partial charge in [0, 0.05) is 0 Å². The van der Waals surface area contributed by atoms with Gasteiger partial charge in [-0.3, -0.25) is 0 Å². The van der Waals surface area contributed by atoms with Crippen molar-refractivity contribution in [2.45, 2.75) is 12.2 Å². The molecule has 0 amide bonds. The van der Waals surface area contributed by atoms with Crippen molar-refractivity contribution in [3.63, 3.8) is 0 Å². The monoisotopic (exact) mass is 146 g/mol. The first-order chi connectivity index (χ1) is 5.36. The van der Waals surface area contributed by atoms with E-state index >= 15 is 0 Å². The largest absolute Gasteiger partial charge is 0.364 e. The fraction of sp³-hybridized carbons (Fsp3) is 0.500. The zero-order valence-electron chi connectivity index (χ0n) is 5.77. The average Bonchev–Trinajstić information content (AvgIpc) is 2.60. The molecule has 1 fully saturated rings. The minimum Gasteiger partial charge on any atom is -0.364 e. The van der Waals surface area contributed by atoms with Crippen LogP contribution in [0.1, 0.15) is 0 Å². The Bertz CT molecular complexity index is 255. The van der Waals surface area contributed by atoms with Gasteiger partial charge in [0.25, 0.3) is 0 Å². The van der Waals surface area contributed by atoms with Crippen LogP contribution in [0.25, 0.3) is 0 Å². The van der Waals surface area contributed by atoms with Crippen LogP contribution in [0.2, 0.25) is 0 Å². The van der Waals surface area contributed by atoms with E-state index in [4.69, 9.17) is 15.3 Å². The van der Waals surface area contributed by atoms with E-state index in [1.165, 1.54) is 0 Å². The number of ether oxygens (including phenoxy) is 1. The zero-order valence-corrected chi connectivity index (χ0v) is 5.77. The molecule has 2 aliphatic heterocycles. The average molecular weight is 146 g/mol. The summed E-state index contributed by atoms with van der Waals surface area (Å²) in [6, 6.07) is 4.20. The third-order valence-corrected chi connectivity index (χ3v) is 2.20. The van der Waals surface area contributed by atoms with Gasteiger partial charge in [-0.2, -0.15) is 10.5 Å². The lowest BCUT2D eigenvalue weighted by molar-refractivity contribution is 0.110. The summed E-state index contributed by atoms with van der Waals surface area (Å²) >= 11 is 0. The molecular formula is C8H6N2O. The maximum atomic E-state index is 8.67. The van der Waals surface area contributed by atoms with Gasteiger partial charge >= 0.3 is 0 Å². The molecule has 0 unspecified atom stereocenters. The van der Waals surface area contributed by atoms with Gasteiger partial charge in [0.2, 0.25) is 0 Å². The summed E-state index contributed by atoms with van der Waals surface area (Å²) < 4.78 is 5.32. The third kappa shape index (κ3) is 0.691. The van der Waals surface area contributed by atoms with Crippen LogP contribution in [-0.2, 0) is 4.74 Å². The van der Waals surface area contributed by atoms with Crippen LogP contribution in [0.3, 0.4) is 0 Å². The van der Waals surface area contributed by atoms with E-state index in [2.05, 4.69) is 12.1 Å². The van der Waals surface area contributed by atoms with Crippen LogP contribution in [0.15, 0.2) is 12.2 Å². The molecule has 0 aromatic carbocycles. The minimum absolute atomic E-state index is 0.130. The van der Waals surface area contributed by atoms with Crippen molar-refractivity contribution in [2.24, 2.45) is 11.8 Å². The number of nitriles is 2. The molecule has 3 nitrogen and oxygen atoms in total. The summed E-state index contributed by atoms with van der Waals surface area (Å²) in [6.07, 6.45) is 3.47. The zero-order chi connectivity index (χ0) is 7.84. The summed E-state index contributed by atoms with van der Waals surface area (Å²) in [5, 5.41) is 17.3. The standard InChI is InChI=1S/C8H6N2O/c9-3-5-6(4-10)8-2-1-7(5)11-8/h1-2,5-8H/t5-,6-,7+,8+/m0/s1.